The Kier molecular flexibility index (Phi) is 16.8. The van der Waals surface area contributed by atoms with E-state index < -0.39 is 12.2 Å². The van der Waals surface area contributed by atoms with E-state index in [4.69, 9.17) is 20.1 Å². The van der Waals surface area contributed by atoms with Crippen LogP contribution < -0.4 is 0 Å². The first-order valence-electron chi connectivity index (χ1n) is 7.06. The lowest BCUT2D eigenvalue weighted by Gasteiger charge is -2.06. The Morgan fingerprint density at radius 1 is 1.05 bits per heavy atom. The molecule has 0 radical (unpaired) electrons. The summed E-state index contributed by atoms with van der Waals surface area (Å²) in [4.78, 5) is 11.0. The average Bonchev–Trinajstić information content (AvgIpc) is 2.36. The monoisotopic (exact) mass is 278 g/mol. The van der Waals surface area contributed by atoms with Crippen molar-refractivity contribution in [2.75, 3.05) is 13.2 Å². The van der Waals surface area contributed by atoms with Crippen LogP contribution in [0.1, 0.15) is 59.3 Å². The predicted octanol–water partition coefficient (Wildman–Crippen LogP) is 1.63. The summed E-state index contributed by atoms with van der Waals surface area (Å²) in [5.41, 5.74) is 0. The fourth-order valence-corrected chi connectivity index (χ4v) is 1.16. The second kappa shape index (κ2) is 15.4. The van der Waals surface area contributed by atoms with Gasteiger partial charge in [-0.3, -0.25) is 4.79 Å². The lowest BCUT2D eigenvalue weighted by Crippen LogP contribution is -2.14. The zero-order chi connectivity index (χ0) is 15.1. The third kappa shape index (κ3) is 22.9. The number of hydrogen-bond donors (Lipinski definition) is 3. The third-order valence-electron chi connectivity index (χ3n) is 2.23. The van der Waals surface area contributed by atoms with E-state index in [1.807, 2.05) is 0 Å². The second-order valence-corrected chi connectivity index (χ2v) is 4.73. The zero-order valence-electron chi connectivity index (χ0n) is 12.5. The molecule has 5 heteroatoms. The van der Waals surface area contributed by atoms with E-state index in [0.29, 0.717) is 6.42 Å². The molecule has 5 nitrogen and oxygen atoms in total. The van der Waals surface area contributed by atoms with Crippen LogP contribution in [0.2, 0.25) is 0 Å². The maximum atomic E-state index is 11.0. The van der Waals surface area contributed by atoms with Gasteiger partial charge in [-0.25, -0.2) is 0 Å². The molecule has 0 aliphatic heterocycles. The third-order valence-corrected chi connectivity index (χ3v) is 2.23. The van der Waals surface area contributed by atoms with Crippen molar-refractivity contribution in [1.29, 1.82) is 0 Å². The van der Waals surface area contributed by atoms with Gasteiger partial charge in [0, 0.05) is 6.42 Å². The summed E-state index contributed by atoms with van der Waals surface area (Å²) in [5.74, 6) is -0.192. The highest BCUT2D eigenvalue weighted by Crippen LogP contribution is 2.05. The molecule has 0 aliphatic carbocycles. The Labute approximate surface area is 116 Å². The van der Waals surface area contributed by atoms with Crippen LogP contribution in [0.25, 0.3) is 0 Å². The van der Waals surface area contributed by atoms with Crippen molar-refractivity contribution >= 4 is 5.97 Å². The van der Waals surface area contributed by atoms with Crippen LogP contribution in [0, 0.1) is 0 Å². The van der Waals surface area contributed by atoms with Gasteiger partial charge in [0.2, 0.25) is 0 Å². The van der Waals surface area contributed by atoms with Crippen molar-refractivity contribution in [3.05, 3.63) is 0 Å². The van der Waals surface area contributed by atoms with Crippen molar-refractivity contribution < 1.29 is 24.9 Å². The van der Waals surface area contributed by atoms with E-state index in [2.05, 4.69) is 6.92 Å². The number of hydrogen-bond acceptors (Lipinski definition) is 5. The van der Waals surface area contributed by atoms with Crippen LogP contribution in [-0.4, -0.2) is 46.7 Å². The highest BCUT2D eigenvalue weighted by molar-refractivity contribution is 5.69. The van der Waals surface area contributed by atoms with Gasteiger partial charge in [-0.1, -0.05) is 32.6 Å². The smallest absolute Gasteiger partial charge is 0.305 e. The van der Waals surface area contributed by atoms with Crippen molar-refractivity contribution in [2.24, 2.45) is 0 Å². The summed E-state index contributed by atoms with van der Waals surface area (Å²) in [6.45, 7) is 5.28. The van der Waals surface area contributed by atoms with E-state index in [9.17, 15) is 4.79 Å². The van der Waals surface area contributed by atoms with Crippen LogP contribution in [0.3, 0.4) is 0 Å². The van der Waals surface area contributed by atoms with E-state index >= 15 is 0 Å². The summed E-state index contributed by atoms with van der Waals surface area (Å²) in [6, 6.07) is 0. The minimum Gasteiger partial charge on any atom is -0.463 e. The van der Waals surface area contributed by atoms with Crippen LogP contribution >= 0.6 is 0 Å². The number of aliphatic hydroxyl groups excluding tert-OH is 3. The van der Waals surface area contributed by atoms with Crippen LogP contribution in [0.4, 0.5) is 0 Å². The van der Waals surface area contributed by atoms with Gasteiger partial charge < -0.3 is 20.1 Å². The number of ether oxygens (including phenoxy) is 1. The molecule has 19 heavy (non-hydrogen) atoms. The molecular weight excluding hydrogens is 248 g/mol. The predicted molar refractivity (Wildman–Crippen MR) is 74.8 cm³/mol. The van der Waals surface area contributed by atoms with Gasteiger partial charge in [0.05, 0.1) is 18.8 Å². The highest BCUT2D eigenvalue weighted by atomic mass is 16.5. The van der Waals surface area contributed by atoms with Gasteiger partial charge in [0.25, 0.3) is 0 Å². The van der Waals surface area contributed by atoms with Crippen molar-refractivity contribution in [3.8, 4) is 0 Å². The molecular formula is C14H30O5. The molecule has 0 aromatic heterocycles. The average molecular weight is 278 g/mol. The largest absolute Gasteiger partial charge is 0.463 e. The first kappa shape index (κ1) is 20.7. The number of unbranched alkanes of at least 4 members (excludes halogenated alkanes) is 4. The van der Waals surface area contributed by atoms with Gasteiger partial charge in [-0.05, 0) is 20.3 Å². The number of carbonyl (C=O) groups excluding carboxylic acids is 1. The molecule has 0 saturated heterocycles. The van der Waals surface area contributed by atoms with Gasteiger partial charge in [0.1, 0.15) is 6.61 Å². The molecule has 0 aromatic rings. The summed E-state index contributed by atoms with van der Waals surface area (Å²) in [5, 5.41) is 24.9. The minimum atomic E-state index is -0.560. The van der Waals surface area contributed by atoms with E-state index in [1.165, 1.54) is 26.2 Å². The van der Waals surface area contributed by atoms with Crippen LogP contribution in [0.15, 0.2) is 0 Å². The van der Waals surface area contributed by atoms with Crippen molar-refractivity contribution in [3.63, 3.8) is 0 Å². The lowest BCUT2D eigenvalue weighted by atomic mass is 10.1. The lowest BCUT2D eigenvalue weighted by molar-refractivity contribution is -0.146. The summed E-state index contributed by atoms with van der Waals surface area (Å²) < 4.78 is 4.82. The molecule has 0 spiro atoms. The number of rotatable bonds is 9. The molecule has 2 atom stereocenters. The normalized spacial score (nSPS) is 13.2. The maximum absolute atomic E-state index is 11.0. The standard InChI is InChI=1S/C11H22O3.C3H8O2/c1-3-4-5-6-7-8-11(13)14-9-10(2)12;1-3(5)2-4/h10,12H,3-9H2,1-2H3;3-5H,2H2,1H3. The van der Waals surface area contributed by atoms with Crippen LogP contribution in [-0.2, 0) is 9.53 Å². The van der Waals surface area contributed by atoms with Gasteiger partial charge >= 0.3 is 5.97 Å². The Bertz CT molecular complexity index is 192. The fourth-order valence-electron chi connectivity index (χ4n) is 1.16. The molecule has 0 saturated carbocycles. The number of esters is 1. The van der Waals surface area contributed by atoms with Gasteiger partial charge in [-0.15, -0.1) is 0 Å². The van der Waals surface area contributed by atoms with E-state index in [0.717, 1.165) is 12.8 Å². The summed E-state index contributed by atoms with van der Waals surface area (Å²) in [7, 11) is 0. The Morgan fingerprint density at radius 2 is 1.58 bits per heavy atom. The molecule has 0 aliphatic rings. The van der Waals surface area contributed by atoms with Gasteiger partial charge in [0.15, 0.2) is 0 Å². The van der Waals surface area contributed by atoms with Crippen LogP contribution in [0.5, 0.6) is 0 Å². The molecule has 0 fully saturated rings. The SMILES string of the molecule is CC(O)CO.CCCCCCCC(=O)OCC(C)O. The number of aliphatic hydroxyl groups is 3. The van der Waals surface area contributed by atoms with E-state index in [-0.39, 0.29) is 19.2 Å². The topological polar surface area (TPSA) is 87.0 Å². The number of carbonyl (C=O) groups is 1. The zero-order valence-corrected chi connectivity index (χ0v) is 12.5. The first-order valence-corrected chi connectivity index (χ1v) is 7.06. The Morgan fingerprint density at radius 3 is 2.00 bits per heavy atom. The molecule has 116 valence electrons. The molecule has 0 aromatic carbocycles. The second-order valence-electron chi connectivity index (χ2n) is 4.73. The molecule has 0 rings (SSSR count). The minimum absolute atomic E-state index is 0.119. The molecule has 3 N–H and O–H groups in total. The summed E-state index contributed by atoms with van der Waals surface area (Å²) in [6.07, 6.45) is 5.01. The Balaban J connectivity index is 0. The molecule has 0 heterocycles. The maximum Gasteiger partial charge on any atom is 0.305 e. The first-order chi connectivity index (χ1) is 8.93. The molecule has 0 bridgehead atoms. The molecule has 0 amide bonds. The quantitative estimate of drug-likeness (QED) is 0.441. The molecule has 2 unspecified atom stereocenters. The fraction of sp³-hybridized carbons (Fsp3) is 0.929. The van der Waals surface area contributed by atoms with Crippen molar-refractivity contribution in [2.45, 2.75) is 71.5 Å². The highest BCUT2D eigenvalue weighted by Gasteiger charge is 2.04. The van der Waals surface area contributed by atoms with E-state index in [1.54, 1.807) is 6.92 Å². The van der Waals surface area contributed by atoms with Crippen molar-refractivity contribution in [1.82, 2.24) is 0 Å². The van der Waals surface area contributed by atoms with Gasteiger partial charge in [-0.2, -0.15) is 0 Å². The summed E-state index contributed by atoms with van der Waals surface area (Å²) >= 11 is 0. The Hall–Kier alpha value is -0.650.